The van der Waals surface area contributed by atoms with Crippen molar-refractivity contribution in [3.63, 3.8) is 0 Å². The highest BCUT2D eigenvalue weighted by molar-refractivity contribution is 9.10. The normalized spacial score (nSPS) is 19.2. The van der Waals surface area contributed by atoms with Gasteiger partial charge in [-0.05, 0) is 55.2 Å². The summed E-state index contributed by atoms with van der Waals surface area (Å²) >= 11 is 3.44. The fourth-order valence-electron chi connectivity index (χ4n) is 2.41. The first-order valence-electron chi connectivity index (χ1n) is 7.30. The highest BCUT2D eigenvalue weighted by Crippen LogP contribution is 2.24. The van der Waals surface area contributed by atoms with Crippen molar-refractivity contribution >= 4 is 21.9 Å². The van der Waals surface area contributed by atoms with Gasteiger partial charge >= 0.3 is 0 Å². The molecule has 20 heavy (non-hydrogen) atoms. The molecule has 0 amide bonds. The Morgan fingerprint density at radius 3 is 3.10 bits per heavy atom. The minimum absolute atomic E-state index is 0.624. The van der Waals surface area contributed by atoms with Crippen molar-refractivity contribution < 1.29 is 4.74 Å². The fourth-order valence-corrected chi connectivity index (χ4v) is 2.72. The molecule has 1 fully saturated rings. The molecular weight excluding hydrogens is 320 g/mol. The number of anilines is 1. The molecule has 1 aliphatic heterocycles. The maximum Gasteiger partial charge on any atom is 0.232 e. The number of hydrogen-bond donors (Lipinski definition) is 1. The number of ether oxygens (including phenoxy) is 1. The smallest absolute Gasteiger partial charge is 0.232 e. The zero-order valence-corrected chi connectivity index (χ0v) is 13.8. The molecule has 0 aromatic carbocycles. The van der Waals surface area contributed by atoms with Gasteiger partial charge in [0.1, 0.15) is 0 Å². The molecule has 0 radical (unpaired) electrons. The van der Waals surface area contributed by atoms with Crippen molar-refractivity contribution in [2.45, 2.75) is 38.6 Å². The van der Waals surface area contributed by atoms with Crippen molar-refractivity contribution in [2.75, 3.05) is 32.1 Å². The lowest BCUT2D eigenvalue weighted by molar-refractivity contribution is 0.227. The Labute approximate surface area is 129 Å². The minimum Gasteiger partial charge on any atom is -0.477 e. The van der Waals surface area contributed by atoms with Crippen molar-refractivity contribution in [3.05, 3.63) is 10.7 Å². The molecule has 2 heterocycles. The third-order valence-electron chi connectivity index (χ3n) is 3.61. The maximum absolute atomic E-state index is 5.80. The predicted molar refractivity (Wildman–Crippen MR) is 84.3 cm³/mol. The van der Waals surface area contributed by atoms with Gasteiger partial charge in [-0.1, -0.05) is 6.92 Å². The third-order valence-corrected chi connectivity index (χ3v) is 4.15. The molecule has 1 unspecified atom stereocenters. The summed E-state index contributed by atoms with van der Waals surface area (Å²) in [5, 5.41) is 3.17. The Morgan fingerprint density at radius 1 is 1.55 bits per heavy atom. The molecule has 1 aliphatic rings. The number of halogens is 1. The highest BCUT2D eigenvalue weighted by atomic mass is 79.9. The summed E-state index contributed by atoms with van der Waals surface area (Å²) in [6, 6.07) is 0.647. The van der Waals surface area contributed by atoms with Crippen molar-refractivity contribution in [1.29, 1.82) is 0 Å². The summed E-state index contributed by atoms with van der Waals surface area (Å²) in [6.45, 7) is 4.88. The molecule has 0 bridgehead atoms. The van der Waals surface area contributed by atoms with E-state index in [-0.39, 0.29) is 0 Å². The first kappa shape index (κ1) is 15.5. The van der Waals surface area contributed by atoms with Crippen LogP contribution in [-0.2, 0) is 0 Å². The van der Waals surface area contributed by atoms with E-state index in [9.17, 15) is 0 Å². The molecule has 1 atom stereocenters. The van der Waals surface area contributed by atoms with Crippen LogP contribution < -0.4 is 10.1 Å². The number of aromatic nitrogens is 2. The van der Waals surface area contributed by atoms with E-state index < -0.39 is 0 Å². The Hall–Kier alpha value is -0.880. The summed E-state index contributed by atoms with van der Waals surface area (Å²) in [6.07, 6.45) is 6.40. The van der Waals surface area contributed by atoms with E-state index in [2.05, 4.69) is 50.1 Å². The zero-order valence-electron chi connectivity index (χ0n) is 12.2. The fraction of sp³-hybridized carbons (Fsp3) is 0.714. The molecule has 0 saturated carbocycles. The van der Waals surface area contributed by atoms with Crippen LogP contribution >= 0.6 is 15.9 Å². The first-order valence-corrected chi connectivity index (χ1v) is 8.09. The SMILES string of the molecule is CCCNc1ncc(Br)c(OCCC2CCCN2C)n1. The van der Waals surface area contributed by atoms with Crippen LogP contribution in [0.2, 0.25) is 0 Å². The summed E-state index contributed by atoms with van der Waals surface area (Å²) < 4.78 is 6.61. The molecule has 112 valence electrons. The molecule has 1 aromatic heterocycles. The van der Waals surface area contributed by atoms with E-state index >= 15 is 0 Å². The number of hydrogen-bond acceptors (Lipinski definition) is 5. The number of nitrogens with one attached hydrogen (secondary N) is 1. The Morgan fingerprint density at radius 2 is 2.40 bits per heavy atom. The van der Waals surface area contributed by atoms with Crippen LogP contribution in [0.1, 0.15) is 32.6 Å². The van der Waals surface area contributed by atoms with Gasteiger partial charge in [0.05, 0.1) is 17.3 Å². The summed E-state index contributed by atoms with van der Waals surface area (Å²) in [7, 11) is 2.19. The highest BCUT2D eigenvalue weighted by Gasteiger charge is 2.20. The van der Waals surface area contributed by atoms with E-state index in [1.165, 1.54) is 19.4 Å². The van der Waals surface area contributed by atoms with Crippen LogP contribution in [0.25, 0.3) is 0 Å². The molecule has 5 nitrogen and oxygen atoms in total. The molecule has 6 heteroatoms. The third kappa shape index (κ3) is 4.31. The van der Waals surface area contributed by atoms with E-state index in [1.54, 1.807) is 6.20 Å². The van der Waals surface area contributed by atoms with Crippen LogP contribution in [0.5, 0.6) is 5.88 Å². The van der Waals surface area contributed by atoms with Gasteiger partial charge in [0.2, 0.25) is 11.8 Å². The molecule has 2 rings (SSSR count). The molecule has 0 aliphatic carbocycles. The van der Waals surface area contributed by atoms with Crippen LogP contribution in [0.3, 0.4) is 0 Å². The van der Waals surface area contributed by atoms with Gasteiger partial charge in [-0.15, -0.1) is 0 Å². The first-order chi connectivity index (χ1) is 9.70. The average Bonchev–Trinajstić information content (AvgIpc) is 2.85. The Bertz CT molecular complexity index is 430. The second kappa shape index (κ2) is 7.78. The molecule has 1 saturated heterocycles. The van der Waals surface area contributed by atoms with E-state index in [1.807, 2.05) is 0 Å². The molecule has 0 spiro atoms. The van der Waals surface area contributed by atoms with E-state index in [0.717, 1.165) is 23.9 Å². The topological polar surface area (TPSA) is 50.3 Å². The molecule has 1 aromatic rings. The average molecular weight is 343 g/mol. The van der Waals surface area contributed by atoms with Gasteiger partial charge in [0, 0.05) is 12.6 Å². The lowest BCUT2D eigenvalue weighted by Crippen LogP contribution is -2.26. The second-order valence-electron chi connectivity index (χ2n) is 5.19. The lowest BCUT2D eigenvalue weighted by atomic mass is 10.1. The van der Waals surface area contributed by atoms with Crippen molar-refractivity contribution in [1.82, 2.24) is 14.9 Å². The van der Waals surface area contributed by atoms with Gasteiger partial charge in [-0.25, -0.2) is 4.98 Å². The van der Waals surface area contributed by atoms with E-state index in [0.29, 0.717) is 24.5 Å². The van der Waals surface area contributed by atoms with Crippen molar-refractivity contribution in [3.8, 4) is 5.88 Å². The summed E-state index contributed by atoms with van der Waals surface area (Å²) in [5.41, 5.74) is 0. The number of rotatable bonds is 7. The maximum atomic E-state index is 5.80. The van der Waals surface area contributed by atoms with Gasteiger partial charge in [-0.2, -0.15) is 4.98 Å². The van der Waals surface area contributed by atoms with Gasteiger partial charge in [0.15, 0.2) is 0 Å². The molecule has 1 N–H and O–H groups in total. The Balaban J connectivity index is 1.84. The summed E-state index contributed by atoms with van der Waals surface area (Å²) in [4.78, 5) is 11.0. The zero-order chi connectivity index (χ0) is 14.4. The largest absolute Gasteiger partial charge is 0.477 e. The second-order valence-corrected chi connectivity index (χ2v) is 6.04. The van der Waals surface area contributed by atoms with Crippen LogP contribution in [-0.4, -0.2) is 47.7 Å². The molecular formula is C14H23BrN4O. The lowest BCUT2D eigenvalue weighted by Gasteiger charge is -2.19. The standard InChI is InChI=1S/C14H23BrN4O/c1-3-7-16-14-17-10-12(15)13(18-14)20-9-6-11-5-4-8-19(11)2/h10-11H,3-9H2,1-2H3,(H,16,17,18). The Kier molecular flexibility index (Phi) is 6.04. The summed E-state index contributed by atoms with van der Waals surface area (Å²) in [5.74, 6) is 1.25. The van der Waals surface area contributed by atoms with Crippen LogP contribution in [0, 0.1) is 0 Å². The predicted octanol–water partition coefficient (Wildman–Crippen LogP) is 2.92. The quantitative estimate of drug-likeness (QED) is 0.825. The van der Waals surface area contributed by atoms with Gasteiger partial charge in [0.25, 0.3) is 0 Å². The number of nitrogens with zero attached hydrogens (tertiary/aromatic N) is 3. The monoisotopic (exact) mass is 342 g/mol. The minimum atomic E-state index is 0.624. The van der Waals surface area contributed by atoms with Crippen molar-refractivity contribution in [2.24, 2.45) is 0 Å². The van der Waals surface area contributed by atoms with Gasteiger partial charge < -0.3 is 15.0 Å². The van der Waals surface area contributed by atoms with Crippen LogP contribution in [0.15, 0.2) is 10.7 Å². The number of likely N-dealkylation sites (tertiary alicyclic amines) is 1. The van der Waals surface area contributed by atoms with Gasteiger partial charge in [-0.3, -0.25) is 0 Å². The van der Waals surface area contributed by atoms with Crippen LogP contribution in [0.4, 0.5) is 5.95 Å². The van der Waals surface area contributed by atoms with E-state index in [4.69, 9.17) is 4.74 Å².